The van der Waals surface area contributed by atoms with E-state index in [4.69, 9.17) is 12.2 Å². The van der Waals surface area contributed by atoms with Crippen molar-refractivity contribution >= 4 is 18.4 Å². The lowest BCUT2D eigenvalue weighted by Gasteiger charge is -2.02. The molecule has 7 heteroatoms. The molecule has 0 amide bonds. The summed E-state index contributed by atoms with van der Waals surface area (Å²) in [7, 11) is 0. The molecule has 110 valence electrons. The van der Waals surface area contributed by atoms with E-state index in [1.807, 2.05) is 30.3 Å². The van der Waals surface area contributed by atoms with Crippen LogP contribution in [0, 0.1) is 4.77 Å². The topological polar surface area (TPSA) is 86.4 Å². The van der Waals surface area contributed by atoms with E-state index < -0.39 is 0 Å². The van der Waals surface area contributed by atoms with E-state index in [2.05, 4.69) is 15.3 Å². The highest BCUT2D eigenvalue weighted by Crippen LogP contribution is 2.27. The zero-order chi connectivity index (χ0) is 15.5. The molecule has 0 aliphatic rings. The summed E-state index contributed by atoms with van der Waals surface area (Å²) < 4.78 is 1.78. The molecule has 0 spiro atoms. The minimum atomic E-state index is -0.234. The number of benzene rings is 2. The van der Waals surface area contributed by atoms with Gasteiger partial charge in [-0.1, -0.05) is 36.4 Å². The molecule has 0 fully saturated rings. The summed E-state index contributed by atoms with van der Waals surface area (Å²) in [5.41, 5.74) is 1.23. The van der Waals surface area contributed by atoms with E-state index in [9.17, 15) is 10.2 Å². The number of aromatic amines is 1. The SMILES string of the molecule is Oc1cccc(/C=N/n2c(-c3ccccc3)n[nH]c2=S)c1O. The molecule has 1 heterocycles. The molecule has 3 rings (SSSR count). The van der Waals surface area contributed by atoms with Crippen molar-refractivity contribution in [3.63, 3.8) is 0 Å². The van der Waals surface area contributed by atoms with Crippen molar-refractivity contribution in [1.29, 1.82) is 0 Å². The number of H-pyrrole nitrogens is 1. The maximum Gasteiger partial charge on any atom is 0.216 e. The third kappa shape index (κ3) is 2.61. The lowest BCUT2D eigenvalue weighted by Crippen LogP contribution is -1.95. The number of aromatic nitrogens is 3. The van der Waals surface area contributed by atoms with Crippen LogP contribution < -0.4 is 0 Å². The molecule has 0 saturated heterocycles. The van der Waals surface area contributed by atoms with Gasteiger partial charge in [0.05, 0.1) is 6.21 Å². The van der Waals surface area contributed by atoms with Crippen molar-refractivity contribution in [2.24, 2.45) is 5.10 Å². The van der Waals surface area contributed by atoms with Crippen LogP contribution in [-0.4, -0.2) is 31.3 Å². The largest absolute Gasteiger partial charge is 0.504 e. The molecule has 2 aromatic carbocycles. The van der Waals surface area contributed by atoms with E-state index in [0.29, 0.717) is 16.2 Å². The fourth-order valence-electron chi connectivity index (χ4n) is 1.95. The van der Waals surface area contributed by atoms with Crippen LogP contribution in [-0.2, 0) is 0 Å². The summed E-state index contributed by atoms with van der Waals surface area (Å²) in [6, 6.07) is 14.1. The zero-order valence-corrected chi connectivity index (χ0v) is 12.2. The first-order chi connectivity index (χ1) is 10.7. The van der Waals surface area contributed by atoms with Gasteiger partial charge in [0, 0.05) is 11.1 Å². The van der Waals surface area contributed by atoms with Crippen LogP contribution in [0.5, 0.6) is 11.5 Å². The van der Waals surface area contributed by atoms with Gasteiger partial charge in [0.15, 0.2) is 17.3 Å². The third-order valence-corrected chi connectivity index (χ3v) is 3.30. The Morgan fingerprint density at radius 1 is 1.09 bits per heavy atom. The average Bonchev–Trinajstić information content (AvgIpc) is 2.91. The van der Waals surface area contributed by atoms with Crippen molar-refractivity contribution in [3.8, 4) is 22.9 Å². The number of hydrogen-bond acceptors (Lipinski definition) is 5. The highest BCUT2D eigenvalue weighted by molar-refractivity contribution is 7.71. The van der Waals surface area contributed by atoms with Gasteiger partial charge in [-0.3, -0.25) is 0 Å². The summed E-state index contributed by atoms with van der Waals surface area (Å²) >= 11 is 5.17. The van der Waals surface area contributed by atoms with Crippen LogP contribution in [0.2, 0.25) is 0 Å². The van der Waals surface area contributed by atoms with Crippen molar-refractivity contribution in [3.05, 3.63) is 58.9 Å². The molecule has 0 saturated carbocycles. The number of phenolic OH excluding ortho intramolecular Hbond substituents is 2. The maximum atomic E-state index is 9.78. The molecule has 22 heavy (non-hydrogen) atoms. The molecule has 0 aliphatic carbocycles. The molecule has 3 aromatic rings. The predicted molar refractivity (Wildman–Crippen MR) is 85.6 cm³/mol. The summed E-state index contributed by atoms with van der Waals surface area (Å²) in [4.78, 5) is 0. The lowest BCUT2D eigenvalue weighted by atomic mass is 10.2. The van der Waals surface area contributed by atoms with Gasteiger partial charge < -0.3 is 10.2 Å². The van der Waals surface area contributed by atoms with Gasteiger partial charge in [-0.2, -0.15) is 14.9 Å². The first-order valence-electron chi connectivity index (χ1n) is 6.45. The lowest BCUT2D eigenvalue weighted by molar-refractivity contribution is 0.403. The molecule has 0 bridgehead atoms. The Morgan fingerprint density at radius 2 is 1.86 bits per heavy atom. The molecule has 0 atom stereocenters. The third-order valence-electron chi connectivity index (χ3n) is 3.04. The predicted octanol–water partition coefficient (Wildman–Crippen LogP) is 2.90. The molecule has 3 N–H and O–H groups in total. The molecular weight excluding hydrogens is 300 g/mol. The minimum Gasteiger partial charge on any atom is -0.504 e. The van der Waals surface area contributed by atoms with E-state index in [1.165, 1.54) is 17.0 Å². The van der Waals surface area contributed by atoms with E-state index in [1.54, 1.807) is 12.1 Å². The molecule has 0 unspecified atom stereocenters. The van der Waals surface area contributed by atoms with E-state index in [-0.39, 0.29) is 11.5 Å². The van der Waals surface area contributed by atoms with Gasteiger partial charge in [0.25, 0.3) is 0 Å². The summed E-state index contributed by atoms with van der Waals surface area (Å²) in [6.45, 7) is 0. The Labute approximate surface area is 131 Å². The molecule has 6 nitrogen and oxygen atoms in total. The normalized spacial score (nSPS) is 11.1. The first-order valence-corrected chi connectivity index (χ1v) is 6.86. The summed E-state index contributed by atoms with van der Waals surface area (Å²) in [5.74, 6) is 0.118. The zero-order valence-electron chi connectivity index (χ0n) is 11.3. The summed E-state index contributed by atoms with van der Waals surface area (Å²) in [6.07, 6.45) is 1.41. The second-order valence-electron chi connectivity index (χ2n) is 4.49. The average molecular weight is 312 g/mol. The Kier molecular flexibility index (Phi) is 3.71. The van der Waals surface area contributed by atoms with Gasteiger partial charge in [0.1, 0.15) is 0 Å². The maximum absolute atomic E-state index is 9.78. The Morgan fingerprint density at radius 3 is 2.64 bits per heavy atom. The second-order valence-corrected chi connectivity index (χ2v) is 4.88. The smallest absolute Gasteiger partial charge is 0.216 e. The van der Waals surface area contributed by atoms with Crippen LogP contribution >= 0.6 is 12.2 Å². The quantitative estimate of drug-likeness (QED) is 0.394. The van der Waals surface area contributed by atoms with Crippen LogP contribution in [0.15, 0.2) is 53.6 Å². The minimum absolute atomic E-state index is 0.206. The number of nitrogens with one attached hydrogen (secondary N) is 1. The Balaban J connectivity index is 2.03. The second kappa shape index (κ2) is 5.82. The molecular formula is C15H12N4O2S. The van der Waals surface area contributed by atoms with Crippen molar-refractivity contribution in [2.75, 3.05) is 0 Å². The van der Waals surface area contributed by atoms with E-state index in [0.717, 1.165) is 5.56 Å². The molecule has 1 aromatic heterocycles. The van der Waals surface area contributed by atoms with Crippen LogP contribution in [0.3, 0.4) is 0 Å². The van der Waals surface area contributed by atoms with Gasteiger partial charge in [-0.25, -0.2) is 5.10 Å². The van der Waals surface area contributed by atoms with Crippen LogP contribution in [0.1, 0.15) is 5.56 Å². The van der Waals surface area contributed by atoms with Crippen molar-refractivity contribution in [1.82, 2.24) is 14.9 Å². The molecule has 0 aliphatic heterocycles. The van der Waals surface area contributed by atoms with Gasteiger partial charge in [-0.15, -0.1) is 0 Å². The highest BCUT2D eigenvalue weighted by Gasteiger charge is 2.08. The van der Waals surface area contributed by atoms with E-state index >= 15 is 0 Å². The molecule has 0 radical (unpaired) electrons. The Hall–Kier alpha value is -2.93. The number of phenols is 2. The number of hydrogen-bond donors (Lipinski definition) is 3. The van der Waals surface area contributed by atoms with Crippen LogP contribution in [0.25, 0.3) is 11.4 Å². The fraction of sp³-hybridized carbons (Fsp3) is 0. The van der Waals surface area contributed by atoms with Crippen molar-refractivity contribution in [2.45, 2.75) is 0 Å². The number of nitrogens with zero attached hydrogens (tertiary/aromatic N) is 3. The number of para-hydroxylation sites is 1. The highest BCUT2D eigenvalue weighted by atomic mass is 32.1. The monoisotopic (exact) mass is 312 g/mol. The summed E-state index contributed by atoms with van der Waals surface area (Å²) in [5, 5.41) is 30.4. The van der Waals surface area contributed by atoms with Crippen molar-refractivity contribution < 1.29 is 10.2 Å². The van der Waals surface area contributed by atoms with Gasteiger partial charge in [0.2, 0.25) is 4.77 Å². The number of aromatic hydroxyl groups is 2. The van der Waals surface area contributed by atoms with Gasteiger partial charge >= 0.3 is 0 Å². The fourth-order valence-corrected chi connectivity index (χ4v) is 2.12. The standard InChI is InChI=1S/C15H12N4O2S/c20-12-8-4-7-11(13(12)21)9-16-19-14(17-18-15(19)22)10-5-2-1-3-6-10/h1-9,20-21H,(H,18,22)/b16-9+. The first kappa shape index (κ1) is 14.0. The van der Waals surface area contributed by atoms with Gasteiger partial charge in [-0.05, 0) is 24.4 Å². The number of rotatable bonds is 3. The van der Waals surface area contributed by atoms with Crippen LogP contribution in [0.4, 0.5) is 0 Å². The Bertz CT molecular complexity index is 884.